The van der Waals surface area contributed by atoms with Gasteiger partial charge in [-0.05, 0) is 60.0 Å². The molecule has 29 heavy (non-hydrogen) atoms. The summed E-state index contributed by atoms with van der Waals surface area (Å²) in [7, 11) is 0. The van der Waals surface area contributed by atoms with Gasteiger partial charge in [0.15, 0.2) is 0 Å². The molecule has 0 saturated heterocycles. The summed E-state index contributed by atoms with van der Waals surface area (Å²) in [5, 5.41) is 8.35. The first-order valence-electron chi connectivity index (χ1n) is 9.36. The lowest BCUT2D eigenvalue weighted by atomic mass is 10.0. The van der Waals surface area contributed by atoms with E-state index in [0.29, 0.717) is 28.5 Å². The van der Waals surface area contributed by atoms with E-state index >= 15 is 0 Å². The molecule has 0 unspecified atom stereocenters. The number of benzene rings is 3. The Kier molecular flexibility index (Phi) is 6.14. The molecule has 0 aliphatic carbocycles. The highest BCUT2D eigenvalue weighted by Crippen LogP contribution is 2.19. The normalized spacial score (nSPS) is 10.4. The van der Waals surface area contributed by atoms with Gasteiger partial charge < -0.3 is 21.7 Å². The number of para-hydroxylation sites is 1. The van der Waals surface area contributed by atoms with E-state index in [4.69, 9.17) is 5.73 Å². The van der Waals surface area contributed by atoms with E-state index in [1.807, 2.05) is 24.3 Å². The first-order valence-corrected chi connectivity index (χ1v) is 9.36. The van der Waals surface area contributed by atoms with Gasteiger partial charge in [0, 0.05) is 22.7 Å². The van der Waals surface area contributed by atoms with Gasteiger partial charge in [-0.2, -0.15) is 0 Å². The molecule has 3 aromatic carbocycles. The minimum absolute atomic E-state index is 0.286. The largest absolute Gasteiger partial charge is 0.398 e. The molecule has 5 N–H and O–H groups in total. The lowest BCUT2D eigenvalue weighted by Gasteiger charge is -2.11. The Morgan fingerprint density at radius 3 is 1.72 bits per heavy atom. The van der Waals surface area contributed by atoms with Gasteiger partial charge in [-0.25, -0.2) is 4.79 Å². The summed E-state index contributed by atoms with van der Waals surface area (Å²) in [5.74, 6) is 0.154. The predicted octanol–water partition coefficient (Wildman–Crippen LogP) is 5.29. The topological polar surface area (TPSA) is 96.2 Å². The van der Waals surface area contributed by atoms with E-state index in [-0.39, 0.29) is 11.9 Å². The van der Waals surface area contributed by atoms with Gasteiger partial charge in [0.1, 0.15) is 0 Å². The van der Waals surface area contributed by atoms with E-state index in [2.05, 4.69) is 29.8 Å². The van der Waals surface area contributed by atoms with E-state index in [9.17, 15) is 9.59 Å². The van der Waals surface area contributed by atoms with Crippen LogP contribution in [0.3, 0.4) is 0 Å². The van der Waals surface area contributed by atoms with Crippen molar-refractivity contribution in [1.29, 1.82) is 0 Å². The van der Waals surface area contributed by atoms with Gasteiger partial charge in [-0.3, -0.25) is 4.79 Å². The molecule has 0 spiro atoms. The van der Waals surface area contributed by atoms with Crippen LogP contribution in [0.2, 0.25) is 0 Å². The number of nitrogens with two attached hydrogens (primary N) is 1. The lowest BCUT2D eigenvalue weighted by Crippen LogP contribution is -2.19. The Hall–Kier alpha value is -3.80. The minimum atomic E-state index is -0.337. The molecule has 3 rings (SSSR count). The number of rotatable bonds is 5. The molecule has 0 aliphatic heterocycles. The SMILES string of the molecule is CC(C)c1ccc(NC(=O)Nc2ccc(NC(=O)c3ccccc3N)cc2)cc1. The fourth-order valence-electron chi connectivity index (χ4n) is 2.78. The molecule has 0 fully saturated rings. The predicted molar refractivity (Wildman–Crippen MR) is 118 cm³/mol. The monoisotopic (exact) mass is 388 g/mol. The molecule has 3 aromatic rings. The molecule has 0 saturated carbocycles. The quantitative estimate of drug-likeness (QED) is 0.447. The molecule has 0 aromatic heterocycles. The second kappa shape index (κ2) is 8.93. The number of amides is 3. The molecule has 0 aliphatic rings. The van der Waals surface area contributed by atoms with Crippen LogP contribution in [0.5, 0.6) is 0 Å². The Labute approximate surface area is 170 Å². The van der Waals surface area contributed by atoms with Crippen molar-refractivity contribution in [3.05, 3.63) is 83.9 Å². The Balaban J connectivity index is 1.56. The summed E-state index contributed by atoms with van der Waals surface area (Å²) in [6.45, 7) is 4.24. The number of nitrogens with one attached hydrogen (secondary N) is 3. The summed E-state index contributed by atoms with van der Waals surface area (Å²) in [5.41, 5.74) is 9.80. The molecule has 0 bridgehead atoms. The Morgan fingerprint density at radius 1 is 0.724 bits per heavy atom. The van der Waals surface area contributed by atoms with Gasteiger partial charge >= 0.3 is 6.03 Å². The third-order valence-electron chi connectivity index (χ3n) is 4.44. The third kappa shape index (κ3) is 5.35. The molecular formula is C23H24N4O2. The second-order valence-electron chi connectivity index (χ2n) is 6.97. The first kappa shape index (κ1) is 19.9. The zero-order chi connectivity index (χ0) is 20.8. The summed E-state index contributed by atoms with van der Waals surface area (Å²) in [6.07, 6.45) is 0. The summed E-state index contributed by atoms with van der Waals surface area (Å²) in [4.78, 5) is 24.5. The molecule has 6 nitrogen and oxygen atoms in total. The van der Waals surface area contributed by atoms with Crippen LogP contribution < -0.4 is 21.7 Å². The standard InChI is InChI=1S/C23H24N4O2/c1-15(2)16-7-9-18(10-8-16)26-23(29)27-19-13-11-17(12-14-19)25-22(28)20-5-3-4-6-21(20)24/h3-15H,24H2,1-2H3,(H,25,28)(H2,26,27,29). The number of hydrogen-bond acceptors (Lipinski definition) is 3. The third-order valence-corrected chi connectivity index (χ3v) is 4.44. The maximum Gasteiger partial charge on any atom is 0.323 e. The van der Waals surface area contributed by atoms with Crippen molar-refractivity contribution >= 4 is 34.7 Å². The maximum atomic E-state index is 12.3. The molecule has 0 radical (unpaired) electrons. The number of anilines is 4. The number of carbonyl (C=O) groups is 2. The number of hydrogen-bond donors (Lipinski definition) is 4. The van der Waals surface area contributed by atoms with E-state index < -0.39 is 0 Å². The van der Waals surface area contributed by atoms with Crippen LogP contribution in [0.25, 0.3) is 0 Å². The van der Waals surface area contributed by atoms with Crippen molar-refractivity contribution in [2.24, 2.45) is 0 Å². The van der Waals surface area contributed by atoms with Gasteiger partial charge in [0.2, 0.25) is 0 Å². The number of carbonyl (C=O) groups excluding carboxylic acids is 2. The van der Waals surface area contributed by atoms with Gasteiger partial charge in [-0.15, -0.1) is 0 Å². The van der Waals surface area contributed by atoms with Gasteiger partial charge in [0.25, 0.3) is 5.91 Å². The van der Waals surface area contributed by atoms with E-state index in [0.717, 1.165) is 5.69 Å². The molecule has 0 atom stereocenters. The minimum Gasteiger partial charge on any atom is -0.398 e. The zero-order valence-corrected chi connectivity index (χ0v) is 16.4. The number of urea groups is 1. The smallest absolute Gasteiger partial charge is 0.323 e. The molecule has 3 amide bonds. The highest BCUT2D eigenvalue weighted by molar-refractivity contribution is 6.07. The molecule has 6 heteroatoms. The zero-order valence-electron chi connectivity index (χ0n) is 16.4. The summed E-state index contributed by atoms with van der Waals surface area (Å²) >= 11 is 0. The van der Waals surface area contributed by atoms with Gasteiger partial charge in [0.05, 0.1) is 5.56 Å². The van der Waals surface area contributed by atoms with E-state index in [1.54, 1.807) is 48.5 Å². The average Bonchev–Trinajstić information content (AvgIpc) is 2.70. The Bertz CT molecular complexity index is 996. The van der Waals surface area contributed by atoms with Crippen molar-refractivity contribution in [3.8, 4) is 0 Å². The van der Waals surface area contributed by atoms with Crippen LogP contribution in [0, 0.1) is 0 Å². The van der Waals surface area contributed by atoms with Gasteiger partial charge in [-0.1, -0.05) is 38.1 Å². The van der Waals surface area contributed by atoms with Crippen molar-refractivity contribution in [3.63, 3.8) is 0 Å². The fourth-order valence-corrected chi connectivity index (χ4v) is 2.78. The van der Waals surface area contributed by atoms with Crippen molar-refractivity contribution in [2.75, 3.05) is 21.7 Å². The maximum absolute atomic E-state index is 12.3. The van der Waals surface area contributed by atoms with Crippen LogP contribution in [0.15, 0.2) is 72.8 Å². The molecular weight excluding hydrogens is 364 g/mol. The van der Waals surface area contributed by atoms with Crippen LogP contribution in [0.4, 0.5) is 27.5 Å². The van der Waals surface area contributed by atoms with Crippen LogP contribution >= 0.6 is 0 Å². The average molecular weight is 388 g/mol. The van der Waals surface area contributed by atoms with Crippen molar-refractivity contribution in [2.45, 2.75) is 19.8 Å². The van der Waals surface area contributed by atoms with Crippen LogP contribution in [0.1, 0.15) is 35.7 Å². The second-order valence-corrected chi connectivity index (χ2v) is 6.97. The summed E-state index contributed by atoms with van der Waals surface area (Å²) < 4.78 is 0. The Morgan fingerprint density at radius 2 is 1.21 bits per heavy atom. The van der Waals surface area contributed by atoms with Crippen LogP contribution in [-0.2, 0) is 0 Å². The molecule has 148 valence electrons. The highest BCUT2D eigenvalue weighted by Gasteiger charge is 2.09. The summed E-state index contributed by atoms with van der Waals surface area (Å²) in [6, 6.07) is 21.1. The van der Waals surface area contributed by atoms with Crippen molar-refractivity contribution in [1.82, 2.24) is 0 Å². The van der Waals surface area contributed by atoms with E-state index in [1.165, 1.54) is 5.56 Å². The molecule has 0 heterocycles. The van der Waals surface area contributed by atoms with Crippen LogP contribution in [-0.4, -0.2) is 11.9 Å². The first-order chi connectivity index (χ1) is 13.9. The van der Waals surface area contributed by atoms with Crippen molar-refractivity contribution < 1.29 is 9.59 Å². The number of nitrogen functional groups attached to an aromatic ring is 1. The highest BCUT2D eigenvalue weighted by atomic mass is 16.2. The fraction of sp³-hybridized carbons (Fsp3) is 0.130. The lowest BCUT2D eigenvalue weighted by molar-refractivity contribution is 0.102.